The van der Waals surface area contributed by atoms with Crippen LogP contribution in [0.1, 0.15) is 10.4 Å². The summed E-state index contributed by atoms with van der Waals surface area (Å²) in [5.41, 5.74) is 0.514. The highest BCUT2D eigenvalue weighted by atomic mass is 35.5. The van der Waals surface area contributed by atoms with Crippen LogP contribution in [0.3, 0.4) is 0 Å². The van der Waals surface area contributed by atoms with Crippen molar-refractivity contribution in [3.8, 4) is 0 Å². The Kier molecular flexibility index (Phi) is 5.29. The van der Waals surface area contributed by atoms with Gasteiger partial charge in [-0.25, -0.2) is 18.7 Å². The Labute approximate surface area is 157 Å². The summed E-state index contributed by atoms with van der Waals surface area (Å²) in [7, 11) is 0. The van der Waals surface area contributed by atoms with Crippen LogP contribution in [0.5, 0.6) is 0 Å². The number of halogens is 4. The lowest BCUT2D eigenvalue weighted by molar-refractivity contribution is 0.102. The zero-order chi connectivity index (χ0) is 18.7. The normalized spacial score (nSPS) is 10.5. The van der Waals surface area contributed by atoms with E-state index in [1.54, 1.807) is 12.1 Å². The molecule has 26 heavy (non-hydrogen) atoms. The molecular weight excluding hydrogens is 385 g/mol. The van der Waals surface area contributed by atoms with E-state index < -0.39 is 17.5 Å². The van der Waals surface area contributed by atoms with Crippen molar-refractivity contribution >= 4 is 46.4 Å². The van der Waals surface area contributed by atoms with Crippen LogP contribution in [0.15, 0.2) is 48.8 Å². The Morgan fingerprint density at radius 3 is 2.38 bits per heavy atom. The molecule has 2 aromatic carbocycles. The van der Waals surface area contributed by atoms with Crippen LogP contribution in [0.2, 0.25) is 10.0 Å². The summed E-state index contributed by atoms with van der Waals surface area (Å²) in [4.78, 5) is 20.1. The maximum atomic E-state index is 13.6. The number of nitrogens with one attached hydrogen (secondary N) is 2. The third-order valence-electron chi connectivity index (χ3n) is 3.27. The van der Waals surface area contributed by atoms with Crippen molar-refractivity contribution < 1.29 is 13.6 Å². The van der Waals surface area contributed by atoms with Crippen LogP contribution < -0.4 is 10.6 Å². The number of nitrogens with zero attached hydrogens (tertiary/aromatic N) is 2. The van der Waals surface area contributed by atoms with E-state index in [0.29, 0.717) is 15.7 Å². The third kappa shape index (κ3) is 4.25. The van der Waals surface area contributed by atoms with Gasteiger partial charge in [0.2, 0.25) is 5.95 Å². The quantitative estimate of drug-likeness (QED) is 0.648. The number of carbonyl (C=O) groups excluding carboxylic acids is 1. The molecule has 0 aliphatic heterocycles. The van der Waals surface area contributed by atoms with Gasteiger partial charge in [0.1, 0.15) is 11.6 Å². The van der Waals surface area contributed by atoms with Gasteiger partial charge in [-0.05, 0) is 30.3 Å². The van der Waals surface area contributed by atoms with Gasteiger partial charge in [0.05, 0.1) is 22.0 Å². The molecule has 2 N–H and O–H groups in total. The smallest absolute Gasteiger partial charge is 0.258 e. The molecule has 3 aromatic rings. The van der Waals surface area contributed by atoms with Crippen LogP contribution >= 0.6 is 23.2 Å². The lowest BCUT2D eigenvalue weighted by Gasteiger charge is -2.09. The monoisotopic (exact) mass is 394 g/mol. The minimum atomic E-state index is -0.786. The Hall–Kier alpha value is -2.77. The van der Waals surface area contributed by atoms with Crippen LogP contribution in [0, 0.1) is 11.6 Å². The number of aromatic nitrogens is 2. The molecule has 0 radical (unpaired) electrons. The largest absolute Gasteiger partial charge is 0.322 e. The van der Waals surface area contributed by atoms with Gasteiger partial charge in [0.25, 0.3) is 5.91 Å². The van der Waals surface area contributed by atoms with Crippen molar-refractivity contribution in [2.75, 3.05) is 10.6 Å². The van der Waals surface area contributed by atoms with E-state index in [2.05, 4.69) is 20.6 Å². The van der Waals surface area contributed by atoms with Crippen LogP contribution in [-0.2, 0) is 0 Å². The van der Waals surface area contributed by atoms with Crippen molar-refractivity contribution in [3.05, 3.63) is 76.0 Å². The molecule has 3 rings (SSSR count). The summed E-state index contributed by atoms with van der Waals surface area (Å²) in [5, 5.41) is 5.94. The van der Waals surface area contributed by atoms with Crippen molar-refractivity contribution in [1.82, 2.24) is 9.97 Å². The second-order valence-corrected chi connectivity index (χ2v) is 5.97. The van der Waals surface area contributed by atoms with Gasteiger partial charge in [-0.2, -0.15) is 0 Å². The first-order valence-corrected chi connectivity index (χ1v) is 7.98. The topological polar surface area (TPSA) is 66.9 Å². The van der Waals surface area contributed by atoms with Crippen molar-refractivity contribution in [3.63, 3.8) is 0 Å². The van der Waals surface area contributed by atoms with Crippen molar-refractivity contribution in [2.24, 2.45) is 0 Å². The fourth-order valence-corrected chi connectivity index (χ4v) is 2.35. The van der Waals surface area contributed by atoms with Gasteiger partial charge in [-0.3, -0.25) is 4.79 Å². The highest BCUT2D eigenvalue weighted by molar-refractivity contribution is 6.35. The van der Waals surface area contributed by atoms with E-state index in [-0.39, 0.29) is 17.2 Å². The molecule has 0 aliphatic rings. The predicted octanol–water partition coefficient (Wildman–Crippen LogP) is 5.06. The summed E-state index contributed by atoms with van der Waals surface area (Å²) in [6.07, 6.45) is 2.51. The first-order valence-electron chi connectivity index (χ1n) is 7.23. The van der Waals surface area contributed by atoms with Crippen LogP contribution in [0.4, 0.5) is 26.1 Å². The van der Waals surface area contributed by atoms with E-state index in [4.69, 9.17) is 23.2 Å². The predicted molar refractivity (Wildman–Crippen MR) is 96.1 cm³/mol. The average molecular weight is 395 g/mol. The van der Waals surface area contributed by atoms with E-state index in [1.807, 2.05) is 0 Å². The molecule has 1 amide bonds. The van der Waals surface area contributed by atoms with E-state index >= 15 is 0 Å². The van der Waals surface area contributed by atoms with Crippen molar-refractivity contribution in [2.45, 2.75) is 0 Å². The number of hydrogen-bond acceptors (Lipinski definition) is 4. The fraction of sp³-hybridized carbons (Fsp3) is 0. The highest BCUT2D eigenvalue weighted by Crippen LogP contribution is 2.26. The second-order valence-electron chi connectivity index (χ2n) is 5.12. The second kappa shape index (κ2) is 7.63. The summed E-state index contributed by atoms with van der Waals surface area (Å²) in [6, 6.07) is 7.71. The molecule has 132 valence electrons. The Bertz CT molecular complexity index is 967. The first kappa shape index (κ1) is 18.0. The summed E-state index contributed by atoms with van der Waals surface area (Å²) >= 11 is 11.9. The number of rotatable bonds is 4. The average Bonchev–Trinajstić information content (AvgIpc) is 2.61. The molecule has 0 fully saturated rings. The lowest BCUT2D eigenvalue weighted by Crippen LogP contribution is -2.13. The van der Waals surface area contributed by atoms with Crippen LogP contribution in [-0.4, -0.2) is 15.9 Å². The van der Waals surface area contributed by atoms with Gasteiger partial charge in [-0.15, -0.1) is 0 Å². The molecule has 0 bridgehead atoms. The van der Waals surface area contributed by atoms with Gasteiger partial charge in [-0.1, -0.05) is 23.2 Å². The molecule has 0 atom stereocenters. The molecule has 0 aliphatic carbocycles. The van der Waals surface area contributed by atoms with Gasteiger partial charge >= 0.3 is 0 Å². The number of amides is 1. The summed E-state index contributed by atoms with van der Waals surface area (Å²) in [6.45, 7) is 0. The molecule has 0 saturated heterocycles. The zero-order valence-corrected chi connectivity index (χ0v) is 14.4. The maximum absolute atomic E-state index is 13.6. The number of carbonyl (C=O) groups is 1. The number of hydrogen-bond donors (Lipinski definition) is 2. The standard InChI is InChI=1S/C17H10Cl2F2N4O/c18-10-1-3-12(19)15(5-10)24-16(26)9-7-22-17(23-8-9)25-14-4-2-11(20)6-13(14)21/h1-8H,(H,24,26)(H,22,23,25). The van der Waals surface area contributed by atoms with E-state index in [9.17, 15) is 13.6 Å². The molecule has 0 saturated carbocycles. The number of anilines is 3. The SMILES string of the molecule is O=C(Nc1cc(Cl)ccc1Cl)c1cnc(Nc2ccc(F)cc2F)nc1. The summed E-state index contributed by atoms with van der Waals surface area (Å²) < 4.78 is 26.5. The van der Waals surface area contributed by atoms with Crippen LogP contribution in [0.25, 0.3) is 0 Å². The van der Waals surface area contributed by atoms with E-state index in [0.717, 1.165) is 12.1 Å². The number of benzene rings is 2. The minimum Gasteiger partial charge on any atom is -0.322 e. The Morgan fingerprint density at radius 2 is 1.69 bits per heavy atom. The third-order valence-corrected chi connectivity index (χ3v) is 3.83. The molecule has 1 aromatic heterocycles. The minimum absolute atomic E-state index is 0.00862. The fourth-order valence-electron chi connectivity index (χ4n) is 2.01. The van der Waals surface area contributed by atoms with Gasteiger partial charge < -0.3 is 10.6 Å². The molecule has 0 spiro atoms. The Balaban J connectivity index is 1.72. The molecule has 9 heteroatoms. The van der Waals surface area contributed by atoms with Gasteiger partial charge in [0, 0.05) is 23.5 Å². The molecule has 5 nitrogen and oxygen atoms in total. The maximum Gasteiger partial charge on any atom is 0.258 e. The van der Waals surface area contributed by atoms with E-state index in [1.165, 1.54) is 24.5 Å². The highest BCUT2D eigenvalue weighted by Gasteiger charge is 2.11. The molecule has 1 heterocycles. The van der Waals surface area contributed by atoms with Gasteiger partial charge in [0.15, 0.2) is 0 Å². The lowest BCUT2D eigenvalue weighted by atomic mass is 10.2. The molecular formula is C17H10Cl2F2N4O. The zero-order valence-electron chi connectivity index (χ0n) is 12.9. The van der Waals surface area contributed by atoms with Crippen molar-refractivity contribution in [1.29, 1.82) is 0 Å². The first-order chi connectivity index (χ1) is 12.4. The molecule has 0 unspecified atom stereocenters. The Morgan fingerprint density at radius 1 is 0.962 bits per heavy atom. The summed E-state index contributed by atoms with van der Waals surface area (Å²) in [5.74, 6) is -1.92.